The zero-order valence-corrected chi connectivity index (χ0v) is 11.0. The van der Waals surface area contributed by atoms with Crippen LogP contribution in [0.1, 0.15) is 16.1 Å². The molecule has 0 radical (unpaired) electrons. The third kappa shape index (κ3) is 4.09. The zero-order valence-electron chi connectivity index (χ0n) is 11.0. The predicted octanol–water partition coefficient (Wildman–Crippen LogP) is 2.76. The quantitative estimate of drug-likeness (QED) is 0.911. The van der Waals surface area contributed by atoms with Gasteiger partial charge in [-0.3, -0.25) is 4.79 Å². The van der Waals surface area contributed by atoms with Gasteiger partial charge in [0.25, 0.3) is 5.91 Å². The molecule has 0 aliphatic carbocycles. The van der Waals surface area contributed by atoms with E-state index in [1.807, 2.05) is 0 Å². The first-order valence-corrected chi connectivity index (χ1v) is 6.21. The van der Waals surface area contributed by atoms with E-state index in [9.17, 15) is 18.0 Å². The summed E-state index contributed by atoms with van der Waals surface area (Å²) in [5.41, 5.74) is 6.75. The van der Waals surface area contributed by atoms with E-state index in [1.54, 1.807) is 24.3 Å². The van der Waals surface area contributed by atoms with E-state index >= 15 is 0 Å². The molecule has 1 aromatic carbocycles. The van der Waals surface area contributed by atoms with Gasteiger partial charge in [0.1, 0.15) is 12.2 Å². The van der Waals surface area contributed by atoms with E-state index in [1.165, 1.54) is 18.3 Å². The monoisotopic (exact) mass is 297 g/mol. The average molecular weight is 297 g/mol. The number of carbonyl (C=O) groups excluding carboxylic acids is 1. The van der Waals surface area contributed by atoms with E-state index < -0.39 is 18.6 Å². The van der Waals surface area contributed by atoms with E-state index in [0.29, 0.717) is 12.2 Å². The van der Waals surface area contributed by atoms with Crippen molar-refractivity contribution in [2.75, 3.05) is 5.32 Å². The first-order chi connectivity index (χ1) is 9.89. The van der Waals surface area contributed by atoms with E-state index in [2.05, 4.69) is 5.32 Å². The molecule has 112 valence electrons. The van der Waals surface area contributed by atoms with Crippen molar-refractivity contribution in [3.63, 3.8) is 0 Å². The number of rotatable bonds is 4. The molecule has 21 heavy (non-hydrogen) atoms. The third-order valence-corrected chi connectivity index (χ3v) is 2.83. The molecular formula is C14H14F3N3O. The largest absolute Gasteiger partial charge is 0.406 e. The van der Waals surface area contributed by atoms with E-state index in [4.69, 9.17) is 5.73 Å². The van der Waals surface area contributed by atoms with Gasteiger partial charge in [-0.05, 0) is 29.8 Å². The van der Waals surface area contributed by atoms with Gasteiger partial charge in [-0.2, -0.15) is 13.2 Å². The van der Waals surface area contributed by atoms with Gasteiger partial charge in [0.2, 0.25) is 0 Å². The smallest absolute Gasteiger partial charge is 0.334 e. The highest BCUT2D eigenvalue weighted by Gasteiger charge is 2.29. The molecule has 0 saturated heterocycles. The molecular weight excluding hydrogens is 283 g/mol. The Bertz CT molecular complexity index is 634. The average Bonchev–Trinajstić information content (AvgIpc) is 2.85. The summed E-state index contributed by atoms with van der Waals surface area (Å²) < 4.78 is 38.1. The van der Waals surface area contributed by atoms with Crippen molar-refractivity contribution < 1.29 is 18.0 Å². The fourth-order valence-electron chi connectivity index (χ4n) is 1.92. The minimum absolute atomic E-state index is 0.0505. The number of aromatic nitrogens is 1. The van der Waals surface area contributed by atoms with Crippen LogP contribution in [0.2, 0.25) is 0 Å². The lowest BCUT2D eigenvalue weighted by atomic mass is 10.2. The van der Waals surface area contributed by atoms with Crippen LogP contribution in [0.25, 0.3) is 0 Å². The van der Waals surface area contributed by atoms with Crippen molar-refractivity contribution >= 4 is 11.6 Å². The van der Waals surface area contributed by atoms with E-state index in [0.717, 1.165) is 10.1 Å². The third-order valence-electron chi connectivity index (χ3n) is 2.83. The van der Waals surface area contributed by atoms with Crippen LogP contribution in [0.4, 0.5) is 18.9 Å². The molecule has 1 heterocycles. The molecule has 0 bridgehead atoms. The van der Waals surface area contributed by atoms with Crippen molar-refractivity contribution in [2.24, 2.45) is 5.73 Å². The summed E-state index contributed by atoms with van der Waals surface area (Å²) in [5, 5.41) is 2.56. The van der Waals surface area contributed by atoms with Crippen LogP contribution >= 0.6 is 0 Å². The molecule has 2 aromatic rings. The highest BCUT2D eigenvalue weighted by atomic mass is 19.4. The lowest BCUT2D eigenvalue weighted by Crippen LogP contribution is -2.23. The highest BCUT2D eigenvalue weighted by Crippen LogP contribution is 2.20. The maximum atomic E-state index is 12.4. The molecule has 0 atom stereocenters. The Morgan fingerprint density at radius 1 is 1.24 bits per heavy atom. The zero-order chi connectivity index (χ0) is 15.5. The lowest BCUT2D eigenvalue weighted by molar-refractivity contribution is -0.140. The number of hydrogen-bond acceptors (Lipinski definition) is 2. The van der Waals surface area contributed by atoms with Crippen molar-refractivity contribution in [2.45, 2.75) is 19.3 Å². The summed E-state index contributed by atoms with van der Waals surface area (Å²) in [6.45, 7) is -0.889. The number of halogens is 3. The number of anilines is 1. The molecule has 0 unspecified atom stereocenters. The summed E-state index contributed by atoms with van der Waals surface area (Å²) in [4.78, 5) is 12.1. The topological polar surface area (TPSA) is 60.0 Å². The Balaban J connectivity index is 2.15. The molecule has 0 saturated carbocycles. The fraction of sp³-hybridized carbons (Fsp3) is 0.214. The molecule has 1 amide bonds. The number of amides is 1. The Hall–Kier alpha value is -2.28. The van der Waals surface area contributed by atoms with Crippen LogP contribution in [0.5, 0.6) is 0 Å². The maximum absolute atomic E-state index is 12.4. The molecule has 1 aromatic heterocycles. The summed E-state index contributed by atoms with van der Waals surface area (Å²) in [6.07, 6.45) is -3.16. The summed E-state index contributed by atoms with van der Waals surface area (Å²) in [6, 6.07) is 9.57. The Morgan fingerprint density at radius 2 is 2.00 bits per heavy atom. The first-order valence-electron chi connectivity index (χ1n) is 6.21. The molecule has 4 nitrogen and oxygen atoms in total. The molecule has 0 aliphatic heterocycles. The van der Waals surface area contributed by atoms with E-state index in [-0.39, 0.29) is 5.69 Å². The number of benzene rings is 1. The number of alkyl halides is 3. The van der Waals surface area contributed by atoms with Crippen LogP contribution < -0.4 is 11.1 Å². The second-order valence-corrected chi connectivity index (χ2v) is 4.50. The Kier molecular flexibility index (Phi) is 4.32. The standard InChI is InChI=1S/C14H14F3N3O/c15-14(16,17)9-20-6-2-5-12(20)13(21)19-11-4-1-3-10(7-11)8-18/h1-7H,8-9,18H2,(H,19,21). The van der Waals surface area contributed by atoms with Crippen LogP contribution in [-0.4, -0.2) is 16.7 Å². The van der Waals surface area contributed by atoms with Crippen LogP contribution in [0.15, 0.2) is 42.6 Å². The number of hydrogen-bond donors (Lipinski definition) is 2. The lowest BCUT2D eigenvalue weighted by Gasteiger charge is -2.12. The van der Waals surface area contributed by atoms with Crippen molar-refractivity contribution in [3.05, 3.63) is 53.9 Å². The van der Waals surface area contributed by atoms with Crippen LogP contribution in [0.3, 0.4) is 0 Å². The van der Waals surface area contributed by atoms with Gasteiger partial charge >= 0.3 is 6.18 Å². The molecule has 2 rings (SSSR count). The van der Waals surface area contributed by atoms with Gasteiger partial charge in [-0.25, -0.2) is 0 Å². The van der Waals surface area contributed by atoms with Crippen molar-refractivity contribution in [1.29, 1.82) is 0 Å². The normalized spacial score (nSPS) is 11.4. The summed E-state index contributed by atoms with van der Waals surface area (Å²) in [5.74, 6) is -0.599. The number of nitrogens with zero attached hydrogens (tertiary/aromatic N) is 1. The van der Waals surface area contributed by atoms with Gasteiger partial charge in [0, 0.05) is 18.4 Å². The summed E-state index contributed by atoms with van der Waals surface area (Å²) in [7, 11) is 0. The Morgan fingerprint density at radius 3 is 2.67 bits per heavy atom. The molecule has 7 heteroatoms. The van der Waals surface area contributed by atoms with Crippen molar-refractivity contribution in [3.8, 4) is 0 Å². The van der Waals surface area contributed by atoms with Gasteiger partial charge in [0.15, 0.2) is 0 Å². The first kappa shape index (κ1) is 15.1. The van der Waals surface area contributed by atoms with Crippen molar-refractivity contribution in [1.82, 2.24) is 4.57 Å². The van der Waals surface area contributed by atoms with Gasteiger partial charge in [-0.15, -0.1) is 0 Å². The maximum Gasteiger partial charge on any atom is 0.406 e. The molecule has 0 spiro atoms. The second kappa shape index (κ2) is 6.01. The number of carbonyl (C=O) groups is 1. The van der Waals surface area contributed by atoms with Gasteiger partial charge in [0.05, 0.1) is 0 Å². The number of nitrogens with one attached hydrogen (secondary N) is 1. The molecule has 0 fully saturated rings. The summed E-state index contributed by atoms with van der Waals surface area (Å²) >= 11 is 0. The second-order valence-electron chi connectivity index (χ2n) is 4.50. The fourth-order valence-corrected chi connectivity index (χ4v) is 1.92. The minimum atomic E-state index is -4.38. The number of nitrogens with two attached hydrogens (primary N) is 1. The minimum Gasteiger partial charge on any atom is -0.334 e. The predicted molar refractivity (Wildman–Crippen MR) is 72.8 cm³/mol. The molecule has 0 aliphatic rings. The van der Waals surface area contributed by atoms with Gasteiger partial charge in [-0.1, -0.05) is 12.1 Å². The molecule has 3 N–H and O–H groups in total. The SMILES string of the molecule is NCc1cccc(NC(=O)c2cccn2CC(F)(F)F)c1. The van der Waals surface area contributed by atoms with Gasteiger partial charge < -0.3 is 15.6 Å². The highest BCUT2D eigenvalue weighted by molar-refractivity contribution is 6.03. The Labute approximate surface area is 119 Å². The van der Waals surface area contributed by atoms with Crippen LogP contribution in [0, 0.1) is 0 Å². The van der Waals surface area contributed by atoms with Crippen LogP contribution in [-0.2, 0) is 13.1 Å².